The molecule has 43 heavy (non-hydrogen) atoms. The van der Waals surface area contributed by atoms with Gasteiger partial charge < -0.3 is 4.42 Å². The number of furan rings is 1. The average Bonchev–Trinajstić information content (AvgIpc) is 3.44. The Kier molecular flexibility index (Phi) is 5.27. The molecule has 0 fully saturated rings. The maximum Gasteiger partial charge on any atom is 0.143 e. The summed E-state index contributed by atoms with van der Waals surface area (Å²) in [5, 5.41) is 9.72. The Morgan fingerprint density at radius 3 is 1.40 bits per heavy atom. The predicted molar refractivity (Wildman–Crippen MR) is 183 cm³/mol. The smallest absolute Gasteiger partial charge is 0.143 e. The summed E-state index contributed by atoms with van der Waals surface area (Å²) >= 11 is 0. The van der Waals surface area contributed by atoms with Crippen molar-refractivity contribution < 1.29 is 4.42 Å². The molecule has 1 heterocycles. The topological polar surface area (TPSA) is 13.1 Å². The molecule has 0 bridgehead atoms. The van der Waals surface area contributed by atoms with Gasteiger partial charge in [0.15, 0.2) is 0 Å². The highest BCUT2D eigenvalue weighted by molar-refractivity contribution is 6.23. The maximum atomic E-state index is 6.69. The van der Waals surface area contributed by atoms with E-state index in [0.717, 1.165) is 33.1 Å². The van der Waals surface area contributed by atoms with Gasteiger partial charge in [0, 0.05) is 16.3 Å². The van der Waals surface area contributed by atoms with Crippen molar-refractivity contribution in [2.24, 2.45) is 0 Å². The molecule has 0 N–H and O–H groups in total. The van der Waals surface area contributed by atoms with E-state index in [1.165, 1.54) is 54.6 Å². The molecular formula is C42H26O. The van der Waals surface area contributed by atoms with Gasteiger partial charge in [0.05, 0.1) is 0 Å². The van der Waals surface area contributed by atoms with Crippen LogP contribution in [0.2, 0.25) is 0 Å². The minimum absolute atomic E-state index is 0.903. The van der Waals surface area contributed by atoms with E-state index >= 15 is 0 Å². The zero-order valence-corrected chi connectivity index (χ0v) is 23.4. The molecule has 9 aromatic rings. The lowest BCUT2D eigenvalue weighted by Gasteiger charge is -2.17. The molecule has 1 aromatic heterocycles. The zero-order valence-electron chi connectivity index (χ0n) is 23.4. The first kappa shape index (κ1) is 24.0. The van der Waals surface area contributed by atoms with Gasteiger partial charge in [0.1, 0.15) is 11.2 Å². The van der Waals surface area contributed by atoms with Gasteiger partial charge in [-0.05, 0) is 78.3 Å². The summed E-state index contributed by atoms with van der Waals surface area (Å²) < 4.78 is 6.69. The minimum atomic E-state index is 0.903. The first-order valence-corrected chi connectivity index (χ1v) is 14.8. The van der Waals surface area contributed by atoms with Crippen molar-refractivity contribution in [1.82, 2.24) is 0 Å². The molecule has 0 aliphatic heterocycles. The lowest BCUT2D eigenvalue weighted by atomic mass is 9.85. The Hall–Kier alpha value is -5.66. The Labute approximate surface area is 249 Å². The van der Waals surface area contributed by atoms with Crippen LogP contribution in [-0.4, -0.2) is 0 Å². The number of fused-ring (bicyclic) bond motifs is 6. The molecule has 0 aliphatic rings. The van der Waals surface area contributed by atoms with Gasteiger partial charge in [0.25, 0.3) is 0 Å². The van der Waals surface area contributed by atoms with E-state index in [-0.39, 0.29) is 0 Å². The van der Waals surface area contributed by atoms with Crippen LogP contribution in [0.25, 0.3) is 87.6 Å². The third-order valence-corrected chi connectivity index (χ3v) is 8.83. The molecule has 0 aliphatic carbocycles. The molecule has 1 heteroatoms. The van der Waals surface area contributed by atoms with E-state index in [1.54, 1.807) is 0 Å². The summed E-state index contributed by atoms with van der Waals surface area (Å²) in [6.45, 7) is 0. The second kappa shape index (κ2) is 9.44. The van der Waals surface area contributed by atoms with Gasteiger partial charge >= 0.3 is 0 Å². The summed E-state index contributed by atoms with van der Waals surface area (Å²) in [6, 6.07) is 56.6. The molecule has 0 saturated heterocycles. The number of hydrogen-bond acceptors (Lipinski definition) is 1. The molecule has 0 amide bonds. The van der Waals surface area contributed by atoms with Gasteiger partial charge in [-0.1, -0.05) is 140 Å². The first-order valence-electron chi connectivity index (χ1n) is 14.8. The lowest BCUT2D eigenvalue weighted by Crippen LogP contribution is -1.90. The van der Waals surface area contributed by atoms with Crippen molar-refractivity contribution in [2.75, 3.05) is 0 Å². The van der Waals surface area contributed by atoms with E-state index < -0.39 is 0 Å². The number of rotatable bonds is 3. The predicted octanol–water partition coefficient (Wildman–Crippen LogP) is 12.0. The molecule has 0 spiro atoms. The van der Waals surface area contributed by atoms with E-state index in [1.807, 2.05) is 0 Å². The first-order chi connectivity index (χ1) is 21.3. The molecule has 0 unspecified atom stereocenters. The Bertz CT molecular complexity index is 2430. The fourth-order valence-corrected chi connectivity index (χ4v) is 6.98. The summed E-state index contributed by atoms with van der Waals surface area (Å²) in [4.78, 5) is 0. The Morgan fingerprint density at radius 2 is 0.791 bits per heavy atom. The SMILES string of the molecule is c1ccc(-c2c3ccccc3c(-c3ccc4oc5c(-c6ccccc6)c6ccccc6cc5c4c3)c3ccccc23)cc1. The van der Waals surface area contributed by atoms with Crippen LogP contribution in [0.1, 0.15) is 0 Å². The molecule has 0 atom stereocenters. The highest BCUT2D eigenvalue weighted by Crippen LogP contribution is 2.46. The van der Waals surface area contributed by atoms with Crippen LogP contribution < -0.4 is 0 Å². The van der Waals surface area contributed by atoms with Gasteiger partial charge in [-0.2, -0.15) is 0 Å². The van der Waals surface area contributed by atoms with Crippen LogP contribution in [0.15, 0.2) is 162 Å². The Morgan fingerprint density at radius 1 is 0.302 bits per heavy atom. The van der Waals surface area contributed by atoms with Crippen molar-refractivity contribution in [3.8, 4) is 33.4 Å². The van der Waals surface area contributed by atoms with Crippen LogP contribution in [0.3, 0.4) is 0 Å². The highest BCUT2D eigenvalue weighted by Gasteiger charge is 2.19. The molecule has 0 radical (unpaired) electrons. The van der Waals surface area contributed by atoms with Crippen LogP contribution in [0.4, 0.5) is 0 Å². The molecule has 8 aromatic carbocycles. The molecule has 9 rings (SSSR count). The monoisotopic (exact) mass is 546 g/mol. The third-order valence-electron chi connectivity index (χ3n) is 8.83. The van der Waals surface area contributed by atoms with Crippen molar-refractivity contribution in [3.63, 3.8) is 0 Å². The second-order valence-corrected chi connectivity index (χ2v) is 11.2. The fourth-order valence-electron chi connectivity index (χ4n) is 6.98. The molecule has 0 saturated carbocycles. The van der Waals surface area contributed by atoms with Gasteiger partial charge in [0.2, 0.25) is 0 Å². The van der Waals surface area contributed by atoms with E-state index in [0.29, 0.717) is 0 Å². The molecular weight excluding hydrogens is 520 g/mol. The van der Waals surface area contributed by atoms with Crippen LogP contribution >= 0.6 is 0 Å². The largest absolute Gasteiger partial charge is 0.455 e. The van der Waals surface area contributed by atoms with Crippen LogP contribution in [0, 0.1) is 0 Å². The number of benzene rings is 8. The van der Waals surface area contributed by atoms with Crippen LogP contribution in [-0.2, 0) is 0 Å². The van der Waals surface area contributed by atoms with Crippen LogP contribution in [0.5, 0.6) is 0 Å². The van der Waals surface area contributed by atoms with Gasteiger partial charge in [-0.3, -0.25) is 0 Å². The van der Waals surface area contributed by atoms with Gasteiger partial charge in [-0.15, -0.1) is 0 Å². The maximum absolute atomic E-state index is 6.69. The van der Waals surface area contributed by atoms with E-state index in [4.69, 9.17) is 4.42 Å². The quantitative estimate of drug-likeness (QED) is 0.201. The fraction of sp³-hybridized carbons (Fsp3) is 0. The third kappa shape index (κ3) is 3.65. The van der Waals surface area contributed by atoms with E-state index in [9.17, 15) is 0 Å². The molecule has 200 valence electrons. The van der Waals surface area contributed by atoms with Crippen molar-refractivity contribution in [3.05, 3.63) is 158 Å². The molecule has 1 nitrogen and oxygen atoms in total. The second-order valence-electron chi connectivity index (χ2n) is 11.2. The Balaban J connectivity index is 1.38. The highest BCUT2D eigenvalue weighted by atomic mass is 16.3. The van der Waals surface area contributed by atoms with E-state index in [2.05, 4.69) is 158 Å². The normalized spacial score (nSPS) is 11.7. The average molecular weight is 547 g/mol. The standard InChI is InChI=1S/C42H26O/c1-3-13-27(14-4-1)39-32-19-9-11-21-34(32)40(35-22-12-10-20-33(35)39)30-23-24-38-36(26-30)37-25-29-17-7-8-18-31(29)41(42(37)43-38)28-15-5-2-6-16-28/h1-26H. The van der Waals surface area contributed by atoms with Crippen molar-refractivity contribution >= 4 is 54.3 Å². The summed E-state index contributed by atoms with van der Waals surface area (Å²) in [7, 11) is 0. The minimum Gasteiger partial charge on any atom is -0.455 e. The van der Waals surface area contributed by atoms with Crippen molar-refractivity contribution in [2.45, 2.75) is 0 Å². The summed E-state index contributed by atoms with van der Waals surface area (Å²) in [5.41, 5.74) is 9.11. The lowest BCUT2D eigenvalue weighted by molar-refractivity contribution is 0.670. The zero-order chi connectivity index (χ0) is 28.3. The summed E-state index contributed by atoms with van der Waals surface area (Å²) in [5.74, 6) is 0. The number of hydrogen-bond donors (Lipinski definition) is 0. The van der Waals surface area contributed by atoms with Crippen molar-refractivity contribution in [1.29, 1.82) is 0 Å². The van der Waals surface area contributed by atoms with Gasteiger partial charge in [-0.25, -0.2) is 0 Å². The summed E-state index contributed by atoms with van der Waals surface area (Å²) in [6.07, 6.45) is 0.